The van der Waals surface area contributed by atoms with E-state index in [9.17, 15) is 4.79 Å². The third-order valence-electron chi connectivity index (χ3n) is 4.06. The van der Waals surface area contributed by atoms with E-state index in [-0.39, 0.29) is 0 Å². The Labute approximate surface area is 127 Å². The standard InChI is InChI=1S/C17H26N2O2/c1-3-4-9-17(20)19-12-10-18(11-13-19)14-15-7-5-6-8-16(15)21-2/h5-8H,3-4,9-14H2,1-2H3. The van der Waals surface area contributed by atoms with Crippen LogP contribution in [0.25, 0.3) is 0 Å². The molecule has 4 heteroatoms. The Kier molecular flexibility index (Phi) is 6.05. The van der Waals surface area contributed by atoms with Gasteiger partial charge < -0.3 is 9.64 Å². The van der Waals surface area contributed by atoms with Crippen LogP contribution < -0.4 is 4.74 Å². The van der Waals surface area contributed by atoms with Gasteiger partial charge in [-0.1, -0.05) is 31.5 Å². The normalized spacial score (nSPS) is 16.0. The average molecular weight is 290 g/mol. The van der Waals surface area contributed by atoms with Crippen LogP contribution in [0, 0.1) is 0 Å². The summed E-state index contributed by atoms with van der Waals surface area (Å²) in [7, 11) is 1.71. The molecule has 1 saturated heterocycles. The topological polar surface area (TPSA) is 32.8 Å². The zero-order valence-electron chi connectivity index (χ0n) is 13.2. The van der Waals surface area contributed by atoms with Gasteiger partial charge in [0.1, 0.15) is 5.75 Å². The lowest BCUT2D eigenvalue weighted by Gasteiger charge is -2.35. The van der Waals surface area contributed by atoms with Crippen molar-refractivity contribution in [2.75, 3.05) is 33.3 Å². The lowest BCUT2D eigenvalue weighted by atomic mass is 10.1. The molecule has 0 unspecified atom stereocenters. The molecule has 0 radical (unpaired) electrons. The fourth-order valence-electron chi connectivity index (χ4n) is 2.72. The van der Waals surface area contributed by atoms with Crippen molar-refractivity contribution >= 4 is 5.91 Å². The minimum absolute atomic E-state index is 0.314. The summed E-state index contributed by atoms with van der Waals surface area (Å²) in [5.41, 5.74) is 1.21. The highest BCUT2D eigenvalue weighted by atomic mass is 16.5. The van der Waals surface area contributed by atoms with Crippen LogP contribution in [0.1, 0.15) is 31.7 Å². The van der Waals surface area contributed by atoms with Crippen LogP contribution in [-0.2, 0) is 11.3 Å². The molecule has 0 bridgehead atoms. The number of ether oxygens (including phenoxy) is 1. The Morgan fingerprint density at radius 1 is 1.19 bits per heavy atom. The number of benzene rings is 1. The minimum Gasteiger partial charge on any atom is -0.496 e. The summed E-state index contributed by atoms with van der Waals surface area (Å²) >= 11 is 0. The first-order valence-corrected chi connectivity index (χ1v) is 7.86. The summed E-state index contributed by atoms with van der Waals surface area (Å²) < 4.78 is 5.40. The van der Waals surface area contributed by atoms with Gasteiger partial charge in [-0.2, -0.15) is 0 Å². The van der Waals surface area contributed by atoms with Crippen LogP contribution in [-0.4, -0.2) is 49.0 Å². The Hall–Kier alpha value is -1.55. The number of rotatable bonds is 6. The van der Waals surface area contributed by atoms with Crippen LogP contribution in [0.15, 0.2) is 24.3 Å². The van der Waals surface area contributed by atoms with Crippen molar-refractivity contribution in [1.82, 2.24) is 9.80 Å². The first kappa shape index (κ1) is 15.8. The first-order valence-electron chi connectivity index (χ1n) is 7.86. The van der Waals surface area contributed by atoms with Crippen molar-refractivity contribution in [2.45, 2.75) is 32.7 Å². The van der Waals surface area contributed by atoms with Crippen molar-refractivity contribution in [1.29, 1.82) is 0 Å². The zero-order valence-corrected chi connectivity index (χ0v) is 13.2. The van der Waals surface area contributed by atoms with Gasteiger partial charge >= 0.3 is 0 Å². The number of methoxy groups -OCH3 is 1. The lowest BCUT2D eigenvalue weighted by Crippen LogP contribution is -2.48. The second-order valence-electron chi connectivity index (χ2n) is 5.57. The number of hydrogen-bond donors (Lipinski definition) is 0. The monoisotopic (exact) mass is 290 g/mol. The number of carbonyl (C=O) groups excluding carboxylic acids is 1. The number of nitrogens with zero attached hydrogens (tertiary/aromatic N) is 2. The predicted molar refractivity (Wildman–Crippen MR) is 84.4 cm³/mol. The van der Waals surface area contributed by atoms with Crippen molar-refractivity contribution in [3.05, 3.63) is 29.8 Å². The molecule has 0 atom stereocenters. The van der Waals surface area contributed by atoms with E-state index in [1.165, 1.54) is 5.56 Å². The van der Waals surface area contributed by atoms with E-state index in [0.29, 0.717) is 12.3 Å². The van der Waals surface area contributed by atoms with Crippen molar-refractivity contribution < 1.29 is 9.53 Å². The summed E-state index contributed by atoms with van der Waals surface area (Å²) in [6.45, 7) is 6.58. The van der Waals surface area contributed by atoms with Crippen LogP contribution >= 0.6 is 0 Å². The van der Waals surface area contributed by atoms with Crippen molar-refractivity contribution in [2.24, 2.45) is 0 Å². The number of para-hydroxylation sites is 1. The molecule has 1 aliphatic rings. The van der Waals surface area contributed by atoms with Gasteiger partial charge in [0.05, 0.1) is 7.11 Å². The largest absolute Gasteiger partial charge is 0.496 e. The molecular weight excluding hydrogens is 264 g/mol. The summed E-state index contributed by atoms with van der Waals surface area (Å²) in [6.07, 6.45) is 2.78. The third kappa shape index (κ3) is 4.46. The smallest absolute Gasteiger partial charge is 0.222 e. The molecule has 2 rings (SSSR count). The molecule has 0 spiro atoms. The summed E-state index contributed by atoms with van der Waals surface area (Å²) in [5, 5.41) is 0. The maximum atomic E-state index is 12.0. The molecule has 21 heavy (non-hydrogen) atoms. The van der Waals surface area contributed by atoms with Crippen molar-refractivity contribution in [3.63, 3.8) is 0 Å². The molecule has 1 aromatic rings. The number of unbranched alkanes of at least 4 members (excludes halogenated alkanes) is 1. The number of piperazine rings is 1. The number of amides is 1. The molecule has 0 saturated carbocycles. The summed E-state index contributed by atoms with van der Waals surface area (Å²) in [5.74, 6) is 1.26. The average Bonchev–Trinajstić information content (AvgIpc) is 2.54. The molecule has 0 aromatic heterocycles. The molecule has 4 nitrogen and oxygen atoms in total. The van der Waals surface area contributed by atoms with E-state index in [4.69, 9.17) is 4.74 Å². The van der Waals surface area contributed by atoms with E-state index >= 15 is 0 Å². The minimum atomic E-state index is 0.314. The maximum absolute atomic E-state index is 12.0. The van der Waals surface area contributed by atoms with Gasteiger partial charge in [0.15, 0.2) is 0 Å². The summed E-state index contributed by atoms with van der Waals surface area (Å²) in [4.78, 5) is 16.4. The van der Waals surface area contributed by atoms with E-state index < -0.39 is 0 Å². The molecule has 1 aromatic carbocycles. The zero-order chi connectivity index (χ0) is 15.1. The van der Waals surface area contributed by atoms with Gasteiger partial charge in [0.25, 0.3) is 0 Å². The molecule has 0 N–H and O–H groups in total. The quantitative estimate of drug-likeness (QED) is 0.807. The Morgan fingerprint density at radius 3 is 2.57 bits per heavy atom. The molecule has 0 aliphatic carbocycles. The maximum Gasteiger partial charge on any atom is 0.222 e. The van der Waals surface area contributed by atoms with Crippen LogP contribution in [0.5, 0.6) is 5.75 Å². The number of carbonyl (C=O) groups is 1. The highest BCUT2D eigenvalue weighted by molar-refractivity contribution is 5.76. The van der Waals surface area contributed by atoms with Gasteiger partial charge in [-0.25, -0.2) is 0 Å². The summed E-state index contributed by atoms with van der Waals surface area (Å²) in [6, 6.07) is 8.15. The Morgan fingerprint density at radius 2 is 1.90 bits per heavy atom. The second-order valence-corrected chi connectivity index (χ2v) is 5.57. The van der Waals surface area contributed by atoms with Gasteiger partial charge in [0.2, 0.25) is 5.91 Å². The Balaban J connectivity index is 1.82. The van der Waals surface area contributed by atoms with Gasteiger partial charge in [-0.15, -0.1) is 0 Å². The number of hydrogen-bond acceptors (Lipinski definition) is 3. The SMILES string of the molecule is CCCCC(=O)N1CCN(Cc2ccccc2OC)CC1. The Bertz CT molecular complexity index is 454. The molecule has 1 aliphatic heterocycles. The molecule has 1 fully saturated rings. The second kappa shape index (κ2) is 8.03. The first-order chi connectivity index (χ1) is 10.2. The molecule has 1 amide bonds. The van der Waals surface area contributed by atoms with E-state index in [2.05, 4.69) is 17.9 Å². The fraction of sp³-hybridized carbons (Fsp3) is 0.588. The fourth-order valence-corrected chi connectivity index (χ4v) is 2.72. The van der Waals surface area contributed by atoms with Gasteiger partial charge in [-0.05, 0) is 12.5 Å². The van der Waals surface area contributed by atoms with Crippen molar-refractivity contribution in [3.8, 4) is 5.75 Å². The lowest BCUT2D eigenvalue weighted by molar-refractivity contribution is -0.133. The molecular formula is C17H26N2O2. The predicted octanol–water partition coefficient (Wildman–Crippen LogP) is 2.53. The molecule has 116 valence electrons. The third-order valence-corrected chi connectivity index (χ3v) is 4.06. The highest BCUT2D eigenvalue weighted by Gasteiger charge is 2.21. The highest BCUT2D eigenvalue weighted by Crippen LogP contribution is 2.20. The van der Waals surface area contributed by atoms with Crippen LogP contribution in [0.4, 0.5) is 0 Å². The van der Waals surface area contributed by atoms with Gasteiger partial charge in [-0.3, -0.25) is 9.69 Å². The van der Waals surface area contributed by atoms with E-state index in [0.717, 1.165) is 51.3 Å². The van der Waals surface area contributed by atoms with Crippen LogP contribution in [0.2, 0.25) is 0 Å². The van der Waals surface area contributed by atoms with E-state index in [1.54, 1.807) is 7.11 Å². The van der Waals surface area contributed by atoms with E-state index in [1.807, 2.05) is 23.1 Å². The molecule has 1 heterocycles. The van der Waals surface area contributed by atoms with Crippen LogP contribution in [0.3, 0.4) is 0 Å². The van der Waals surface area contributed by atoms with Gasteiger partial charge in [0, 0.05) is 44.7 Å².